The molecule has 1 fully saturated rings. The van der Waals surface area contributed by atoms with E-state index in [0.717, 1.165) is 42.5 Å². The fraction of sp³-hybridized carbons (Fsp3) is 0.333. The van der Waals surface area contributed by atoms with Gasteiger partial charge in [0.1, 0.15) is 0 Å². The maximum Gasteiger partial charge on any atom is 0.250 e. The second-order valence-corrected chi connectivity index (χ2v) is 6.79. The number of benzene rings is 1. The Hall–Kier alpha value is -2.14. The average Bonchev–Trinajstić information content (AvgIpc) is 2.57. The molecule has 4 rings (SSSR count). The maximum atomic E-state index is 12.1. The fourth-order valence-electron chi connectivity index (χ4n) is 3.79. The minimum atomic E-state index is 0.121. The summed E-state index contributed by atoms with van der Waals surface area (Å²) in [6.45, 7) is 2.59. The molecule has 2 aliphatic rings. The summed E-state index contributed by atoms with van der Waals surface area (Å²) in [5.74, 6) is 0.865. The van der Waals surface area contributed by atoms with Gasteiger partial charge in [-0.1, -0.05) is 24.3 Å². The van der Waals surface area contributed by atoms with E-state index < -0.39 is 0 Å². The standard InChI is InChI=1S/C18H19N3OS/c22-17-8-4-7-16-14-9-13(11-21(16)17)10-20(12-14)18(23)19-15-5-2-1-3-6-15/h1-8,13-14H,9-12H2,(H,19,23). The third kappa shape index (κ3) is 2.77. The van der Waals surface area contributed by atoms with Crippen molar-refractivity contribution in [2.45, 2.75) is 18.9 Å². The van der Waals surface area contributed by atoms with Crippen molar-refractivity contribution in [1.29, 1.82) is 0 Å². The Morgan fingerprint density at radius 1 is 1.04 bits per heavy atom. The van der Waals surface area contributed by atoms with Crippen LogP contribution in [0.2, 0.25) is 0 Å². The van der Waals surface area contributed by atoms with E-state index in [1.165, 1.54) is 0 Å². The first-order valence-electron chi connectivity index (χ1n) is 8.01. The van der Waals surface area contributed by atoms with Crippen LogP contribution < -0.4 is 10.9 Å². The molecule has 23 heavy (non-hydrogen) atoms. The predicted molar refractivity (Wildman–Crippen MR) is 95.8 cm³/mol. The van der Waals surface area contributed by atoms with Crippen LogP contribution in [0.1, 0.15) is 18.0 Å². The van der Waals surface area contributed by atoms with Crippen LogP contribution in [-0.2, 0) is 6.54 Å². The highest BCUT2D eigenvalue weighted by atomic mass is 32.1. The van der Waals surface area contributed by atoms with Gasteiger partial charge in [-0.25, -0.2) is 0 Å². The zero-order valence-corrected chi connectivity index (χ0v) is 13.6. The summed E-state index contributed by atoms with van der Waals surface area (Å²) in [4.78, 5) is 14.3. The Bertz CT molecular complexity index is 786. The van der Waals surface area contributed by atoms with Crippen molar-refractivity contribution < 1.29 is 0 Å². The average molecular weight is 325 g/mol. The number of likely N-dealkylation sites (tertiary alicyclic amines) is 1. The molecule has 0 amide bonds. The van der Waals surface area contributed by atoms with Gasteiger partial charge in [0, 0.05) is 43.0 Å². The van der Waals surface area contributed by atoms with Gasteiger partial charge in [0.25, 0.3) is 5.56 Å². The number of piperidine rings is 1. The number of aromatic nitrogens is 1. The smallest absolute Gasteiger partial charge is 0.250 e. The third-order valence-electron chi connectivity index (χ3n) is 4.79. The molecule has 2 aliphatic heterocycles. The molecule has 0 aliphatic carbocycles. The van der Waals surface area contributed by atoms with E-state index in [1.807, 2.05) is 41.0 Å². The van der Waals surface area contributed by atoms with E-state index in [4.69, 9.17) is 12.2 Å². The Morgan fingerprint density at radius 2 is 1.87 bits per heavy atom. The molecule has 3 heterocycles. The van der Waals surface area contributed by atoms with E-state index in [1.54, 1.807) is 6.07 Å². The number of hydrogen-bond donors (Lipinski definition) is 1. The quantitative estimate of drug-likeness (QED) is 0.818. The van der Waals surface area contributed by atoms with Crippen LogP contribution in [0.4, 0.5) is 5.69 Å². The Morgan fingerprint density at radius 3 is 2.70 bits per heavy atom. The number of nitrogens with zero attached hydrogens (tertiary/aromatic N) is 2. The molecule has 2 atom stereocenters. The summed E-state index contributed by atoms with van der Waals surface area (Å²) in [5, 5.41) is 4.10. The van der Waals surface area contributed by atoms with E-state index in [0.29, 0.717) is 11.8 Å². The number of thiocarbonyl (C=S) groups is 1. The maximum absolute atomic E-state index is 12.1. The minimum absolute atomic E-state index is 0.121. The Kier molecular flexibility index (Phi) is 3.65. The van der Waals surface area contributed by atoms with Gasteiger partial charge in [-0.2, -0.15) is 0 Å². The van der Waals surface area contributed by atoms with Gasteiger partial charge in [0.2, 0.25) is 0 Å². The van der Waals surface area contributed by atoms with Gasteiger partial charge >= 0.3 is 0 Å². The summed E-state index contributed by atoms with van der Waals surface area (Å²) in [6, 6.07) is 15.6. The highest BCUT2D eigenvalue weighted by Gasteiger charge is 2.35. The summed E-state index contributed by atoms with van der Waals surface area (Å²) in [6.07, 6.45) is 1.15. The largest absolute Gasteiger partial charge is 0.348 e. The highest BCUT2D eigenvalue weighted by Crippen LogP contribution is 2.35. The van der Waals surface area contributed by atoms with Gasteiger partial charge in [-0.3, -0.25) is 4.79 Å². The second kappa shape index (κ2) is 5.81. The van der Waals surface area contributed by atoms with Crippen LogP contribution in [0.25, 0.3) is 0 Å². The molecule has 5 heteroatoms. The van der Waals surface area contributed by atoms with Crippen LogP contribution in [-0.4, -0.2) is 27.7 Å². The molecule has 1 N–H and O–H groups in total. The van der Waals surface area contributed by atoms with Gasteiger partial charge in [-0.15, -0.1) is 0 Å². The van der Waals surface area contributed by atoms with Crippen LogP contribution >= 0.6 is 12.2 Å². The topological polar surface area (TPSA) is 37.3 Å². The molecule has 0 spiro atoms. The van der Waals surface area contributed by atoms with E-state index in [9.17, 15) is 4.79 Å². The van der Waals surface area contributed by atoms with Crippen LogP contribution in [0.3, 0.4) is 0 Å². The lowest BCUT2D eigenvalue weighted by Crippen LogP contribution is -2.50. The molecule has 1 saturated heterocycles. The van der Waals surface area contributed by atoms with Crippen molar-refractivity contribution >= 4 is 23.0 Å². The van der Waals surface area contributed by atoms with Crippen molar-refractivity contribution in [3.63, 3.8) is 0 Å². The number of nitrogens with one attached hydrogen (secondary N) is 1. The van der Waals surface area contributed by atoms with Gasteiger partial charge in [0.15, 0.2) is 5.11 Å². The van der Waals surface area contributed by atoms with Crippen LogP contribution in [0, 0.1) is 5.92 Å². The number of pyridine rings is 1. The number of fused-ring (bicyclic) bond motifs is 4. The van der Waals surface area contributed by atoms with Gasteiger partial charge in [0.05, 0.1) is 0 Å². The molecular weight excluding hydrogens is 306 g/mol. The van der Waals surface area contributed by atoms with E-state index >= 15 is 0 Å². The van der Waals surface area contributed by atoms with E-state index in [-0.39, 0.29) is 5.56 Å². The molecule has 2 aromatic rings. The summed E-state index contributed by atoms with van der Waals surface area (Å²) >= 11 is 5.60. The third-order valence-corrected chi connectivity index (χ3v) is 5.15. The van der Waals surface area contributed by atoms with Crippen molar-refractivity contribution in [1.82, 2.24) is 9.47 Å². The molecular formula is C18H19N3OS. The van der Waals surface area contributed by atoms with Gasteiger partial charge < -0.3 is 14.8 Å². The first-order chi connectivity index (χ1) is 11.2. The first kappa shape index (κ1) is 14.5. The second-order valence-electron chi connectivity index (χ2n) is 6.40. The summed E-state index contributed by atoms with van der Waals surface area (Å²) in [5.41, 5.74) is 2.29. The lowest BCUT2D eigenvalue weighted by atomic mass is 9.83. The molecule has 4 nitrogen and oxygen atoms in total. The SMILES string of the molecule is O=c1cccc2n1CC1CC2CN(C(=S)Nc2ccccc2)C1. The molecule has 0 saturated carbocycles. The lowest BCUT2D eigenvalue weighted by molar-refractivity contribution is 0.180. The fourth-order valence-corrected chi connectivity index (χ4v) is 4.05. The lowest BCUT2D eigenvalue weighted by Gasteiger charge is -2.43. The van der Waals surface area contributed by atoms with E-state index in [2.05, 4.69) is 16.3 Å². The number of rotatable bonds is 1. The molecule has 1 aromatic carbocycles. The molecule has 2 unspecified atom stereocenters. The zero-order valence-electron chi connectivity index (χ0n) is 12.8. The van der Waals surface area contributed by atoms with Crippen molar-refractivity contribution in [3.8, 4) is 0 Å². The molecule has 1 aromatic heterocycles. The summed E-state index contributed by atoms with van der Waals surface area (Å²) in [7, 11) is 0. The monoisotopic (exact) mass is 325 g/mol. The normalized spacial score (nSPS) is 22.3. The van der Waals surface area contributed by atoms with Crippen molar-refractivity contribution in [3.05, 3.63) is 64.6 Å². The predicted octanol–water partition coefficient (Wildman–Crippen LogP) is 2.66. The Labute approximate surface area is 140 Å². The zero-order chi connectivity index (χ0) is 15.8. The van der Waals surface area contributed by atoms with Crippen molar-refractivity contribution in [2.75, 3.05) is 18.4 Å². The van der Waals surface area contributed by atoms with Crippen LogP contribution in [0.5, 0.6) is 0 Å². The Balaban J connectivity index is 1.54. The first-order valence-corrected chi connectivity index (χ1v) is 8.42. The molecule has 2 bridgehead atoms. The summed E-state index contributed by atoms with van der Waals surface area (Å²) < 4.78 is 1.95. The number of para-hydroxylation sites is 1. The highest BCUT2D eigenvalue weighted by molar-refractivity contribution is 7.80. The molecule has 0 radical (unpaired) electrons. The van der Waals surface area contributed by atoms with Gasteiger partial charge in [-0.05, 0) is 42.8 Å². The van der Waals surface area contributed by atoms with Crippen LogP contribution in [0.15, 0.2) is 53.3 Å². The molecule has 118 valence electrons. The number of anilines is 1. The minimum Gasteiger partial charge on any atom is -0.348 e. The number of hydrogen-bond acceptors (Lipinski definition) is 2. The van der Waals surface area contributed by atoms with Crippen molar-refractivity contribution in [2.24, 2.45) is 5.92 Å².